The van der Waals surface area contributed by atoms with Crippen molar-refractivity contribution in [1.29, 1.82) is 0 Å². The molecule has 1 aromatic carbocycles. The van der Waals surface area contributed by atoms with Crippen molar-refractivity contribution in [3.63, 3.8) is 0 Å². The fraction of sp³-hybridized carbons (Fsp3) is 0.536. The number of aryl methyl sites for hydroxylation is 1. The van der Waals surface area contributed by atoms with E-state index in [1.807, 2.05) is 26.8 Å². The van der Waals surface area contributed by atoms with Crippen LogP contribution in [-0.2, 0) is 6.54 Å². The standard InChI is InChI=1S/C26H37FN4.C2H6/c1-8-21-14-30(15-21)20(7)23-12-25(26(29-17(2)3)31(16-23)18(4)5)28-13-22-9-10-24(27)11-19(22)6;1-2/h9-12,16-18,21,28H,7-8,13-15H2,1-6H3;1-2H3. The summed E-state index contributed by atoms with van der Waals surface area (Å²) in [5.41, 5.74) is 6.12. The fourth-order valence-corrected chi connectivity index (χ4v) is 3.95. The molecule has 5 heteroatoms. The van der Waals surface area contributed by atoms with Crippen LogP contribution in [0.3, 0.4) is 0 Å². The highest BCUT2D eigenvalue weighted by atomic mass is 19.1. The molecule has 0 amide bonds. The molecule has 4 nitrogen and oxygen atoms in total. The first-order chi connectivity index (χ1) is 15.7. The van der Waals surface area contributed by atoms with Crippen LogP contribution in [0.1, 0.15) is 77.6 Å². The van der Waals surface area contributed by atoms with Gasteiger partial charge in [0, 0.05) is 49.2 Å². The minimum absolute atomic E-state index is 0.174. The molecule has 0 atom stereocenters. The van der Waals surface area contributed by atoms with Crippen LogP contribution < -0.4 is 10.8 Å². The number of hydrogen-bond acceptors (Lipinski definition) is 3. The molecule has 0 aliphatic carbocycles. The van der Waals surface area contributed by atoms with Gasteiger partial charge in [0.25, 0.3) is 0 Å². The lowest BCUT2D eigenvalue weighted by Gasteiger charge is -2.42. The van der Waals surface area contributed by atoms with Crippen molar-refractivity contribution < 1.29 is 4.39 Å². The van der Waals surface area contributed by atoms with E-state index >= 15 is 0 Å². The molecule has 33 heavy (non-hydrogen) atoms. The Morgan fingerprint density at radius 3 is 2.39 bits per heavy atom. The van der Waals surface area contributed by atoms with E-state index in [0.29, 0.717) is 6.54 Å². The van der Waals surface area contributed by atoms with Gasteiger partial charge in [0.1, 0.15) is 5.82 Å². The summed E-state index contributed by atoms with van der Waals surface area (Å²) in [5, 5.41) is 3.58. The highest BCUT2D eigenvalue weighted by Gasteiger charge is 2.27. The van der Waals surface area contributed by atoms with Crippen LogP contribution in [0.4, 0.5) is 10.1 Å². The molecular weight excluding hydrogens is 411 g/mol. The number of aromatic nitrogens is 1. The number of nitrogens with zero attached hydrogens (tertiary/aromatic N) is 3. The Morgan fingerprint density at radius 2 is 1.85 bits per heavy atom. The smallest absolute Gasteiger partial charge is 0.151 e. The first kappa shape index (κ1) is 26.7. The predicted molar refractivity (Wildman–Crippen MR) is 140 cm³/mol. The lowest BCUT2D eigenvalue weighted by atomic mass is 9.95. The summed E-state index contributed by atoms with van der Waals surface area (Å²) in [4.78, 5) is 7.29. The monoisotopic (exact) mass is 454 g/mol. The average Bonchev–Trinajstić information content (AvgIpc) is 2.73. The number of pyridine rings is 1. The third kappa shape index (κ3) is 6.72. The van der Waals surface area contributed by atoms with E-state index in [0.717, 1.165) is 52.6 Å². The minimum atomic E-state index is -0.201. The molecule has 0 spiro atoms. The molecule has 1 aliphatic heterocycles. The SMILES string of the molecule is C=C(c1cc(NCc2ccc(F)cc2C)c(=NC(C)C)n(C(C)C)c1)N1CC(CC)C1.CC. The van der Waals surface area contributed by atoms with Gasteiger partial charge >= 0.3 is 0 Å². The van der Waals surface area contributed by atoms with Crippen molar-refractivity contribution in [2.45, 2.75) is 80.4 Å². The third-order valence-corrected chi connectivity index (χ3v) is 6.02. The van der Waals surface area contributed by atoms with Crippen LogP contribution in [0, 0.1) is 18.7 Å². The topological polar surface area (TPSA) is 32.6 Å². The molecule has 1 aromatic heterocycles. The Balaban J connectivity index is 0.00000187. The molecule has 0 radical (unpaired) electrons. The first-order valence-corrected chi connectivity index (χ1v) is 12.4. The van der Waals surface area contributed by atoms with Crippen molar-refractivity contribution >= 4 is 11.4 Å². The van der Waals surface area contributed by atoms with Crippen LogP contribution in [0.15, 0.2) is 42.0 Å². The average molecular weight is 455 g/mol. The van der Waals surface area contributed by atoms with Crippen molar-refractivity contribution in [3.8, 4) is 0 Å². The van der Waals surface area contributed by atoms with Gasteiger partial charge in [-0.05, 0) is 76.3 Å². The number of benzene rings is 1. The molecule has 3 rings (SSSR count). The number of hydrogen-bond donors (Lipinski definition) is 1. The first-order valence-electron chi connectivity index (χ1n) is 12.4. The van der Waals surface area contributed by atoms with Crippen molar-refractivity contribution in [1.82, 2.24) is 9.47 Å². The van der Waals surface area contributed by atoms with E-state index in [-0.39, 0.29) is 17.9 Å². The number of rotatable bonds is 8. The molecule has 1 N–H and O–H groups in total. The summed E-state index contributed by atoms with van der Waals surface area (Å²) < 4.78 is 15.8. The van der Waals surface area contributed by atoms with Crippen molar-refractivity contribution in [2.24, 2.45) is 10.9 Å². The number of likely N-dealkylation sites (tertiary alicyclic amines) is 1. The zero-order valence-electron chi connectivity index (χ0n) is 21.9. The summed E-state index contributed by atoms with van der Waals surface area (Å²) in [5.74, 6) is 0.566. The molecule has 1 fully saturated rings. The molecule has 1 aliphatic rings. The molecule has 0 bridgehead atoms. The number of halogens is 1. The van der Waals surface area contributed by atoms with E-state index in [1.165, 1.54) is 12.5 Å². The zero-order chi connectivity index (χ0) is 24.7. The summed E-state index contributed by atoms with van der Waals surface area (Å²) in [6, 6.07) is 7.55. The van der Waals surface area contributed by atoms with Gasteiger partial charge in [-0.2, -0.15) is 0 Å². The van der Waals surface area contributed by atoms with Crippen molar-refractivity contribution in [2.75, 3.05) is 18.4 Å². The number of nitrogens with one attached hydrogen (secondary N) is 1. The van der Waals surface area contributed by atoms with Crippen LogP contribution in [0.25, 0.3) is 5.70 Å². The molecular formula is C28H43FN4. The normalized spacial score (nSPS) is 14.3. The Morgan fingerprint density at radius 1 is 1.18 bits per heavy atom. The van der Waals surface area contributed by atoms with Gasteiger partial charge in [-0.25, -0.2) is 4.39 Å². The highest BCUT2D eigenvalue weighted by Crippen LogP contribution is 2.29. The molecule has 1 saturated heterocycles. The van der Waals surface area contributed by atoms with E-state index < -0.39 is 0 Å². The fourth-order valence-electron chi connectivity index (χ4n) is 3.95. The van der Waals surface area contributed by atoms with Gasteiger partial charge in [-0.1, -0.05) is 33.4 Å². The van der Waals surface area contributed by atoms with Gasteiger partial charge in [0.05, 0.1) is 5.69 Å². The second kappa shape index (κ2) is 12.1. The Bertz CT molecular complexity index is 997. The third-order valence-electron chi connectivity index (χ3n) is 6.02. The maximum absolute atomic E-state index is 13.5. The second-order valence-electron chi connectivity index (χ2n) is 9.24. The number of anilines is 1. The van der Waals surface area contributed by atoms with Crippen molar-refractivity contribution in [3.05, 3.63) is 65.0 Å². The lowest BCUT2D eigenvalue weighted by Crippen LogP contribution is -2.44. The molecule has 2 aromatic rings. The van der Waals surface area contributed by atoms with E-state index in [1.54, 1.807) is 6.07 Å². The maximum atomic E-state index is 13.5. The second-order valence-corrected chi connectivity index (χ2v) is 9.24. The summed E-state index contributed by atoms with van der Waals surface area (Å²) >= 11 is 0. The highest BCUT2D eigenvalue weighted by molar-refractivity contribution is 5.65. The molecule has 0 saturated carbocycles. The molecule has 182 valence electrons. The summed E-state index contributed by atoms with van der Waals surface area (Å²) in [7, 11) is 0. The lowest BCUT2D eigenvalue weighted by molar-refractivity contribution is 0.170. The van der Waals surface area contributed by atoms with Gasteiger partial charge in [0.15, 0.2) is 5.49 Å². The zero-order valence-corrected chi connectivity index (χ0v) is 21.9. The molecule has 2 heterocycles. The Kier molecular flexibility index (Phi) is 9.75. The van der Waals surface area contributed by atoms with Gasteiger partial charge in [-0.3, -0.25) is 4.99 Å². The van der Waals surface area contributed by atoms with Crippen LogP contribution in [0.2, 0.25) is 0 Å². The van der Waals surface area contributed by atoms with E-state index in [9.17, 15) is 4.39 Å². The van der Waals surface area contributed by atoms with E-state index in [2.05, 4.69) is 68.2 Å². The quantitative estimate of drug-likeness (QED) is 0.477. The van der Waals surface area contributed by atoms with Crippen LogP contribution in [-0.4, -0.2) is 28.6 Å². The summed E-state index contributed by atoms with van der Waals surface area (Å²) in [6.45, 7) is 23.9. The van der Waals surface area contributed by atoms with Gasteiger partial charge in [0.2, 0.25) is 0 Å². The maximum Gasteiger partial charge on any atom is 0.151 e. The summed E-state index contributed by atoms with van der Waals surface area (Å²) in [6.07, 6.45) is 3.40. The Labute approximate surface area is 200 Å². The van der Waals surface area contributed by atoms with E-state index in [4.69, 9.17) is 4.99 Å². The van der Waals surface area contributed by atoms with Gasteiger partial charge < -0.3 is 14.8 Å². The van der Waals surface area contributed by atoms with Crippen LogP contribution >= 0.6 is 0 Å². The Hall–Kier alpha value is -2.56. The predicted octanol–water partition coefficient (Wildman–Crippen LogP) is 6.78. The minimum Gasteiger partial charge on any atom is -0.378 e. The molecule has 0 unspecified atom stereocenters. The largest absolute Gasteiger partial charge is 0.378 e. The van der Waals surface area contributed by atoms with Crippen LogP contribution in [0.5, 0.6) is 0 Å². The van der Waals surface area contributed by atoms with Gasteiger partial charge in [-0.15, -0.1) is 0 Å².